The lowest BCUT2D eigenvalue weighted by Crippen LogP contribution is -2.28. The van der Waals surface area contributed by atoms with Crippen molar-refractivity contribution >= 4 is 11.9 Å². The van der Waals surface area contributed by atoms with E-state index in [9.17, 15) is 4.79 Å². The molecule has 0 atom stereocenters. The molecule has 0 unspecified atom stereocenters. The second kappa shape index (κ2) is 3.65. The van der Waals surface area contributed by atoms with E-state index >= 15 is 0 Å². The zero-order chi connectivity index (χ0) is 8.97. The van der Waals surface area contributed by atoms with Crippen molar-refractivity contribution in [2.24, 2.45) is 0 Å². The molecule has 0 bridgehead atoms. The van der Waals surface area contributed by atoms with Crippen molar-refractivity contribution in [2.45, 2.75) is 13.5 Å². The molecule has 0 spiro atoms. The molecule has 66 valence electrons. The van der Waals surface area contributed by atoms with Gasteiger partial charge in [-0.25, -0.2) is 4.68 Å². The van der Waals surface area contributed by atoms with Crippen LogP contribution in [0.4, 0.5) is 5.95 Å². The van der Waals surface area contributed by atoms with Crippen molar-refractivity contribution in [2.75, 3.05) is 12.3 Å². The van der Waals surface area contributed by atoms with Crippen LogP contribution in [0.1, 0.15) is 6.92 Å². The predicted molar refractivity (Wildman–Crippen MR) is 40.9 cm³/mol. The van der Waals surface area contributed by atoms with Gasteiger partial charge in [0.2, 0.25) is 11.9 Å². The topological polar surface area (TPSA) is 98.7 Å². The van der Waals surface area contributed by atoms with Gasteiger partial charge in [0.1, 0.15) is 6.54 Å². The van der Waals surface area contributed by atoms with Gasteiger partial charge in [0.15, 0.2) is 0 Å². The molecule has 0 radical (unpaired) electrons. The van der Waals surface area contributed by atoms with E-state index < -0.39 is 0 Å². The first-order valence-corrected chi connectivity index (χ1v) is 3.52. The number of nitrogens with zero attached hydrogens (tertiary/aromatic N) is 4. The Morgan fingerprint density at radius 1 is 1.75 bits per heavy atom. The van der Waals surface area contributed by atoms with Crippen LogP contribution >= 0.6 is 0 Å². The number of carbonyl (C=O) groups is 1. The third kappa shape index (κ3) is 1.91. The van der Waals surface area contributed by atoms with Gasteiger partial charge in [-0.2, -0.15) is 0 Å². The zero-order valence-corrected chi connectivity index (χ0v) is 6.69. The number of tetrazole rings is 1. The Balaban J connectivity index is 2.52. The lowest BCUT2D eigenvalue weighted by molar-refractivity contribution is -0.121. The Hall–Kier alpha value is -1.66. The van der Waals surface area contributed by atoms with E-state index in [1.54, 1.807) is 0 Å². The molecule has 0 saturated heterocycles. The molecule has 0 aliphatic heterocycles. The summed E-state index contributed by atoms with van der Waals surface area (Å²) in [6, 6.07) is 0. The summed E-state index contributed by atoms with van der Waals surface area (Å²) in [6.07, 6.45) is 0. The number of anilines is 1. The first-order chi connectivity index (χ1) is 5.74. The number of amides is 1. The third-order valence-electron chi connectivity index (χ3n) is 1.23. The summed E-state index contributed by atoms with van der Waals surface area (Å²) in [4.78, 5) is 11.0. The van der Waals surface area contributed by atoms with Crippen LogP contribution in [0, 0.1) is 0 Å². The summed E-state index contributed by atoms with van der Waals surface area (Å²) in [5.74, 6) is -0.0160. The Morgan fingerprint density at radius 2 is 2.50 bits per heavy atom. The largest absolute Gasteiger partial charge is 0.367 e. The Labute approximate surface area is 68.9 Å². The van der Waals surface area contributed by atoms with Crippen LogP contribution in [0.3, 0.4) is 0 Å². The van der Waals surface area contributed by atoms with Gasteiger partial charge >= 0.3 is 0 Å². The molecule has 0 saturated carbocycles. The Morgan fingerprint density at radius 3 is 3.00 bits per heavy atom. The highest BCUT2D eigenvalue weighted by Crippen LogP contribution is 1.90. The van der Waals surface area contributed by atoms with Crippen LogP contribution in [0.5, 0.6) is 0 Å². The monoisotopic (exact) mass is 170 g/mol. The van der Waals surface area contributed by atoms with Gasteiger partial charge < -0.3 is 11.1 Å². The second-order valence-corrected chi connectivity index (χ2v) is 2.15. The van der Waals surface area contributed by atoms with Gasteiger partial charge in [-0.1, -0.05) is 5.10 Å². The number of likely N-dealkylation sites (N-methyl/N-ethyl adjacent to an activating group) is 1. The molecule has 1 aromatic rings. The molecular weight excluding hydrogens is 160 g/mol. The van der Waals surface area contributed by atoms with E-state index in [1.165, 1.54) is 4.68 Å². The van der Waals surface area contributed by atoms with Gasteiger partial charge in [-0.15, -0.1) is 0 Å². The van der Waals surface area contributed by atoms with Gasteiger partial charge in [-0.05, 0) is 17.4 Å². The summed E-state index contributed by atoms with van der Waals surface area (Å²) in [7, 11) is 0. The number of hydrogen-bond acceptors (Lipinski definition) is 5. The number of nitrogen functional groups attached to an aromatic ring is 1. The number of rotatable bonds is 3. The molecule has 0 fully saturated rings. The van der Waals surface area contributed by atoms with E-state index in [1.807, 2.05) is 6.92 Å². The van der Waals surface area contributed by atoms with E-state index in [-0.39, 0.29) is 18.4 Å². The number of nitrogens with two attached hydrogens (primary N) is 1. The van der Waals surface area contributed by atoms with Crippen molar-refractivity contribution in [3.63, 3.8) is 0 Å². The molecule has 1 amide bonds. The minimum absolute atomic E-state index is 0.0622. The van der Waals surface area contributed by atoms with Crippen molar-refractivity contribution in [3.8, 4) is 0 Å². The first kappa shape index (κ1) is 8.44. The highest BCUT2D eigenvalue weighted by molar-refractivity contribution is 5.75. The fourth-order valence-corrected chi connectivity index (χ4v) is 0.713. The molecular formula is C5H10N6O. The molecule has 0 aliphatic rings. The Kier molecular flexibility index (Phi) is 2.57. The van der Waals surface area contributed by atoms with Crippen LogP contribution in [0.15, 0.2) is 0 Å². The number of hydrogen-bond donors (Lipinski definition) is 2. The van der Waals surface area contributed by atoms with Crippen LogP contribution in [0.25, 0.3) is 0 Å². The lowest BCUT2D eigenvalue weighted by atomic mass is 10.5. The molecule has 12 heavy (non-hydrogen) atoms. The van der Waals surface area contributed by atoms with Gasteiger partial charge in [0.25, 0.3) is 0 Å². The van der Waals surface area contributed by atoms with Crippen LogP contribution in [-0.4, -0.2) is 32.7 Å². The fraction of sp³-hybridized carbons (Fsp3) is 0.600. The van der Waals surface area contributed by atoms with Crippen molar-refractivity contribution in [3.05, 3.63) is 0 Å². The summed E-state index contributed by atoms with van der Waals surface area (Å²) in [5.41, 5.74) is 5.33. The van der Waals surface area contributed by atoms with Crippen LogP contribution in [0.2, 0.25) is 0 Å². The van der Waals surface area contributed by atoms with Crippen molar-refractivity contribution < 1.29 is 4.79 Å². The van der Waals surface area contributed by atoms with Crippen molar-refractivity contribution in [1.29, 1.82) is 0 Å². The smallest absolute Gasteiger partial charge is 0.241 e. The molecule has 7 nitrogen and oxygen atoms in total. The van der Waals surface area contributed by atoms with Crippen LogP contribution < -0.4 is 11.1 Å². The normalized spacial score (nSPS) is 9.75. The SMILES string of the molecule is CCNC(=O)Cn1nnnc1N. The third-order valence-corrected chi connectivity index (χ3v) is 1.23. The standard InChI is InChI=1S/C5H10N6O/c1-2-7-4(12)3-11-5(6)8-9-10-11/h2-3H2,1H3,(H,7,12)(H2,6,8,10). The number of carbonyl (C=O) groups excluding carboxylic acids is 1. The maximum atomic E-state index is 11.0. The van der Waals surface area contributed by atoms with Crippen molar-refractivity contribution in [1.82, 2.24) is 25.5 Å². The fourth-order valence-electron chi connectivity index (χ4n) is 0.713. The van der Waals surface area contributed by atoms with E-state index in [2.05, 4.69) is 20.8 Å². The molecule has 1 heterocycles. The van der Waals surface area contributed by atoms with Gasteiger partial charge in [0.05, 0.1) is 0 Å². The lowest BCUT2D eigenvalue weighted by Gasteiger charge is -2.00. The molecule has 1 aromatic heterocycles. The minimum atomic E-state index is -0.156. The molecule has 7 heteroatoms. The average Bonchev–Trinajstić information content (AvgIpc) is 2.37. The van der Waals surface area contributed by atoms with Gasteiger partial charge in [-0.3, -0.25) is 4.79 Å². The number of nitrogens with one attached hydrogen (secondary N) is 1. The summed E-state index contributed by atoms with van der Waals surface area (Å²) < 4.78 is 1.23. The molecule has 0 aromatic carbocycles. The average molecular weight is 170 g/mol. The highest BCUT2D eigenvalue weighted by atomic mass is 16.2. The second-order valence-electron chi connectivity index (χ2n) is 2.15. The molecule has 1 rings (SSSR count). The van der Waals surface area contributed by atoms with Crippen LogP contribution in [-0.2, 0) is 11.3 Å². The maximum Gasteiger partial charge on any atom is 0.241 e. The minimum Gasteiger partial charge on any atom is -0.367 e. The first-order valence-electron chi connectivity index (χ1n) is 3.52. The zero-order valence-electron chi connectivity index (χ0n) is 6.69. The summed E-state index contributed by atoms with van der Waals surface area (Å²) in [5, 5.41) is 12.8. The molecule has 3 N–H and O–H groups in total. The predicted octanol–water partition coefficient (Wildman–Crippen LogP) is -1.61. The maximum absolute atomic E-state index is 11.0. The van der Waals surface area contributed by atoms with E-state index in [4.69, 9.17) is 5.73 Å². The summed E-state index contributed by atoms with van der Waals surface area (Å²) >= 11 is 0. The molecule has 0 aliphatic carbocycles. The Bertz CT molecular complexity index is 269. The number of aromatic nitrogens is 4. The van der Waals surface area contributed by atoms with E-state index in [0.29, 0.717) is 6.54 Å². The quantitative estimate of drug-likeness (QED) is 0.568. The highest BCUT2D eigenvalue weighted by Gasteiger charge is 2.05. The van der Waals surface area contributed by atoms with E-state index in [0.717, 1.165) is 0 Å². The summed E-state index contributed by atoms with van der Waals surface area (Å²) in [6.45, 7) is 2.48. The van der Waals surface area contributed by atoms with Gasteiger partial charge in [0, 0.05) is 6.54 Å².